The van der Waals surface area contributed by atoms with Crippen LogP contribution >= 0.6 is 0 Å². The van der Waals surface area contributed by atoms with Crippen LogP contribution in [0.15, 0.2) is 176 Å². The number of pyridine rings is 1. The van der Waals surface area contributed by atoms with Gasteiger partial charge < -0.3 is 0 Å². The van der Waals surface area contributed by atoms with Crippen molar-refractivity contribution < 1.29 is 0 Å². The fourth-order valence-electron chi connectivity index (χ4n) is 7.39. The lowest BCUT2D eigenvalue weighted by molar-refractivity contribution is 1.23. The van der Waals surface area contributed by atoms with Gasteiger partial charge in [0.05, 0.1) is 22.4 Å². The lowest BCUT2D eigenvalue weighted by atomic mass is 9.94. The second-order valence-electron chi connectivity index (χ2n) is 12.8. The van der Waals surface area contributed by atoms with Crippen molar-refractivity contribution in [2.75, 3.05) is 0 Å². The number of hydrogen-bond donors (Lipinski definition) is 0. The number of aromatic nitrogens is 3. The van der Waals surface area contributed by atoms with Crippen LogP contribution < -0.4 is 0 Å². The van der Waals surface area contributed by atoms with Crippen LogP contribution in [0.1, 0.15) is 0 Å². The van der Waals surface area contributed by atoms with E-state index in [2.05, 4.69) is 170 Å². The van der Waals surface area contributed by atoms with Gasteiger partial charge in [-0.05, 0) is 63.0 Å². The SMILES string of the molecule is c1cc(-c2cccc(-c3nc4ccccc4c4c3ccc3ccccc34)c2)cc(-c2nc(-c3ccc4ccccc4c3)c3ccccc3n2)c1. The van der Waals surface area contributed by atoms with E-state index in [0.717, 1.165) is 61.0 Å². The van der Waals surface area contributed by atoms with Gasteiger partial charge in [0, 0.05) is 38.2 Å². The summed E-state index contributed by atoms with van der Waals surface area (Å²) in [4.78, 5) is 15.5. The molecule has 0 radical (unpaired) electrons. The largest absolute Gasteiger partial charge is 0.247 e. The smallest absolute Gasteiger partial charge is 0.160 e. The fourth-order valence-corrected chi connectivity index (χ4v) is 7.39. The maximum Gasteiger partial charge on any atom is 0.160 e. The third kappa shape index (κ3) is 4.71. The van der Waals surface area contributed by atoms with Gasteiger partial charge in [-0.25, -0.2) is 15.0 Å². The Labute approximate surface area is 289 Å². The monoisotopic (exact) mass is 635 g/mol. The molecule has 2 heterocycles. The molecule has 0 fully saturated rings. The first-order valence-corrected chi connectivity index (χ1v) is 16.9. The summed E-state index contributed by atoms with van der Waals surface area (Å²) < 4.78 is 0. The first-order valence-electron chi connectivity index (χ1n) is 16.9. The molecule has 10 aromatic rings. The minimum absolute atomic E-state index is 0.707. The van der Waals surface area contributed by atoms with Crippen molar-refractivity contribution in [2.24, 2.45) is 0 Å². The van der Waals surface area contributed by atoms with Crippen LogP contribution in [0.25, 0.3) is 99.2 Å². The lowest BCUT2D eigenvalue weighted by Gasteiger charge is -2.14. The molecule has 0 saturated carbocycles. The van der Waals surface area contributed by atoms with Crippen molar-refractivity contribution >= 4 is 54.1 Å². The number of benzene rings is 8. The quantitative estimate of drug-likeness (QED) is 0.181. The molecule has 0 bridgehead atoms. The molecule has 10 rings (SSSR count). The third-order valence-electron chi connectivity index (χ3n) is 9.81. The summed E-state index contributed by atoms with van der Waals surface area (Å²) in [5.74, 6) is 0.707. The Morgan fingerprint density at radius 1 is 0.280 bits per heavy atom. The van der Waals surface area contributed by atoms with E-state index in [-0.39, 0.29) is 0 Å². The predicted molar refractivity (Wildman–Crippen MR) is 209 cm³/mol. The number of rotatable bonds is 4. The van der Waals surface area contributed by atoms with Gasteiger partial charge in [0.15, 0.2) is 5.82 Å². The first-order chi connectivity index (χ1) is 24.8. The lowest BCUT2D eigenvalue weighted by Crippen LogP contribution is -1.95. The van der Waals surface area contributed by atoms with Gasteiger partial charge in [0.1, 0.15) is 0 Å². The topological polar surface area (TPSA) is 38.7 Å². The van der Waals surface area contributed by atoms with E-state index in [1.807, 2.05) is 6.07 Å². The molecule has 8 aromatic carbocycles. The molecule has 0 N–H and O–H groups in total. The number of hydrogen-bond acceptors (Lipinski definition) is 3. The van der Waals surface area contributed by atoms with Crippen molar-refractivity contribution in [3.8, 4) is 45.0 Å². The summed E-state index contributed by atoms with van der Waals surface area (Å²) in [6.45, 7) is 0. The summed E-state index contributed by atoms with van der Waals surface area (Å²) in [6, 6.07) is 62.1. The highest BCUT2D eigenvalue weighted by Gasteiger charge is 2.15. The van der Waals surface area contributed by atoms with E-state index in [9.17, 15) is 0 Å². The Morgan fingerprint density at radius 3 is 1.66 bits per heavy atom. The molecule has 0 aliphatic carbocycles. The molecule has 3 nitrogen and oxygen atoms in total. The van der Waals surface area contributed by atoms with Crippen molar-refractivity contribution in [3.63, 3.8) is 0 Å². The molecule has 50 heavy (non-hydrogen) atoms. The normalized spacial score (nSPS) is 11.6. The first kappa shape index (κ1) is 28.3. The van der Waals surface area contributed by atoms with Crippen molar-refractivity contribution in [1.29, 1.82) is 0 Å². The molecule has 0 spiro atoms. The highest BCUT2D eigenvalue weighted by Crippen LogP contribution is 2.38. The number of para-hydroxylation sites is 2. The second kappa shape index (κ2) is 11.5. The van der Waals surface area contributed by atoms with Crippen molar-refractivity contribution in [1.82, 2.24) is 15.0 Å². The van der Waals surface area contributed by atoms with Crippen molar-refractivity contribution in [2.45, 2.75) is 0 Å². The Hall–Kier alpha value is -6.71. The summed E-state index contributed by atoms with van der Waals surface area (Å²) in [6.07, 6.45) is 0. The molecular formula is C47H29N3. The third-order valence-corrected chi connectivity index (χ3v) is 9.81. The van der Waals surface area contributed by atoms with E-state index in [0.29, 0.717) is 5.82 Å². The summed E-state index contributed by atoms with van der Waals surface area (Å²) in [5, 5.41) is 9.48. The average Bonchev–Trinajstić information content (AvgIpc) is 3.19. The van der Waals surface area contributed by atoms with Crippen LogP contribution in [0.5, 0.6) is 0 Å². The van der Waals surface area contributed by atoms with Gasteiger partial charge in [0.2, 0.25) is 0 Å². The van der Waals surface area contributed by atoms with Crippen LogP contribution in [0.3, 0.4) is 0 Å². The van der Waals surface area contributed by atoms with Crippen LogP contribution in [0.4, 0.5) is 0 Å². The highest BCUT2D eigenvalue weighted by molar-refractivity contribution is 6.22. The van der Waals surface area contributed by atoms with Crippen LogP contribution in [0.2, 0.25) is 0 Å². The van der Waals surface area contributed by atoms with Crippen LogP contribution in [0, 0.1) is 0 Å². The van der Waals surface area contributed by atoms with Gasteiger partial charge >= 0.3 is 0 Å². The van der Waals surface area contributed by atoms with Gasteiger partial charge in [-0.15, -0.1) is 0 Å². The molecule has 0 aliphatic heterocycles. The molecule has 3 heteroatoms. The second-order valence-corrected chi connectivity index (χ2v) is 12.8. The molecule has 0 unspecified atom stereocenters. The Kier molecular flexibility index (Phi) is 6.49. The van der Waals surface area contributed by atoms with Crippen LogP contribution in [-0.4, -0.2) is 15.0 Å². The van der Waals surface area contributed by atoms with Crippen molar-refractivity contribution in [3.05, 3.63) is 176 Å². The maximum atomic E-state index is 5.25. The summed E-state index contributed by atoms with van der Waals surface area (Å²) in [5.41, 5.74) is 9.19. The minimum atomic E-state index is 0.707. The van der Waals surface area contributed by atoms with E-state index >= 15 is 0 Å². The standard InChI is InChI=1S/C47H29N3/c1-2-13-32-27-36(24-23-30(32)11-1)45-40-20-6-8-22-43(40)49-47(50-45)37-17-10-15-34(29-37)33-14-9-16-35(28-33)46-41-26-25-31-12-3-4-18-38(31)44(41)39-19-5-7-21-42(39)48-46/h1-29H. The molecular weight excluding hydrogens is 607 g/mol. The Balaban J connectivity index is 1.11. The maximum absolute atomic E-state index is 5.25. The number of nitrogens with zero attached hydrogens (tertiary/aromatic N) is 3. The summed E-state index contributed by atoms with van der Waals surface area (Å²) in [7, 11) is 0. The molecule has 0 saturated heterocycles. The van der Waals surface area contributed by atoms with Gasteiger partial charge in [0.25, 0.3) is 0 Å². The van der Waals surface area contributed by atoms with E-state index in [1.165, 1.54) is 32.3 Å². The Bertz CT molecular complexity index is 2930. The Morgan fingerprint density at radius 2 is 0.840 bits per heavy atom. The average molecular weight is 636 g/mol. The fraction of sp³-hybridized carbons (Fsp3) is 0. The van der Waals surface area contributed by atoms with Crippen LogP contribution in [-0.2, 0) is 0 Å². The zero-order valence-electron chi connectivity index (χ0n) is 27.1. The van der Waals surface area contributed by atoms with E-state index in [1.54, 1.807) is 0 Å². The molecule has 0 aliphatic rings. The summed E-state index contributed by atoms with van der Waals surface area (Å²) >= 11 is 0. The molecule has 0 amide bonds. The van der Waals surface area contributed by atoms with Gasteiger partial charge in [-0.3, -0.25) is 0 Å². The molecule has 232 valence electrons. The zero-order chi connectivity index (χ0) is 33.0. The van der Waals surface area contributed by atoms with E-state index in [4.69, 9.17) is 15.0 Å². The minimum Gasteiger partial charge on any atom is -0.247 e. The number of fused-ring (bicyclic) bond motifs is 7. The molecule has 0 atom stereocenters. The van der Waals surface area contributed by atoms with E-state index < -0.39 is 0 Å². The van der Waals surface area contributed by atoms with Gasteiger partial charge in [-0.2, -0.15) is 0 Å². The highest BCUT2D eigenvalue weighted by atomic mass is 14.9. The zero-order valence-corrected chi connectivity index (χ0v) is 27.1. The molecule has 2 aromatic heterocycles. The van der Waals surface area contributed by atoms with Gasteiger partial charge in [-0.1, -0.05) is 146 Å². The predicted octanol–water partition coefficient (Wildman–Crippen LogP) is 12.3.